The lowest BCUT2D eigenvalue weighted by Gasteiger charge is -2.03. The zero-order valence-corrected chi connectivity index (χ0v) is 9.71. The standard InChI is InChI=1S/C14H12N2O2/c17-8-4-7-13-9-14(18)16(15-10-13)11-12-5-2-1-3-6-12/h1-3,5-6,9-10,17H,8,11H2. The summed E-state index contributed by atoms with van der Waals surface area (Å²) in [4.78, 5) is 11.8. The molecular weight excluding hydrogens is 228 g/mol. The molecule has 0 aliphatic rings. The third-order valence-corrected chi connectivity index (χ3v) is 2.36. The first-order valence-electron chi connectivity index (χ1n) is 5.50. The molecule has 0 spiro atoms. The average molecular weight is 240 g/mol. The topological polar surface area (TPSA) is 55.1 Å². The second-order valence-corrected chi connectivity index (χ2v) is 3.69. The van der Waals surface area contributed by atoms with Gasteiger partial charge in [0.15, 0.2) is 0 Å². The molecule has 0 aliphatic carbocycles. The van der Waals surface area contributed by atoms with Crippen LogP contribution in [-0.2, 0) is 6.54 Å². The molecule has 0 saturated heterocycles. The van der Waals surface area contributed by atoms with E-state index in [1.165, 1.54) is 16.9 Å². The fourth-order valence-corrected chi connectivity index (χ4v) is 1.52. The monoisotopic (exact) mass is 240 g/mol. The van der Waals surface area contributed by atoms with Crippen LogP contribution in [0, 0.1) is 11.8 Å². The first-order valence-corrected chi connectivity index (χ1v) is 5.50. The van der Waals surface area contributed by atoms with Crippen LogP contribution in [0.3, 0.4) is 0 Å². The zero-order chi connectivity index (χ0) is 12.8. The number of aromatic nitrogens is 2. The Balaban J connectivity index is 2.23. The molecule has 1 aromatic carbocycles. The predicted octanol–water partition coefficient (Wildman–Crippen LogP) is 0.635. The van der Waals surface area contributed by atoms with E-state index < -0.39 is 0 Å². The largest absolute Gasteiger partial charge is 0.384 e. The van der Waals surface area contributed by atoms with Crippen molar-refractivity contribution in [2.45, 2.75) is 6.54 Å². The predicted molar refractivity (Wildman–Crippen MR) is 68.0 cm³/mol. The normalized spacial score (nSPS) is 9.61. The molecule has 0 atom stereocenters. The molecule has 2 rings (SSSR count). The van der Waals surface area contributed by atoms with E-state index in [-0.39, 0.29) is 12.2 Å². The van der Waals surface area contributed by atoms with E-state index in [2.05, 4.69) is 16.9 Å². The molecule has 0 unspecified atom stereocenters. The van der Waals surface area contributed by atoms with Gasteiger partial charge in [0.25, 0.3) is 5.56 Å². The quantitative estimate of drug-likeness (QED) is 0.783. The molecule has 4 heteroatoms. The highest BCUT2D eigenvalue weighted by Gasteiger charge is 1.99. The van der Waals surface area contributed by atoms with Crippen molar-refractivity contribution in [3.05, 3.63) is 64.1 Å². The lowest BCUT2D eigenvalue weighted by Crippen LogP contribution is -2.22. The maximum atomic E-state index is 11.8. The van der Waals surface area contributed by atoms with Crippen LogP contribution in [0.1, 0.15) is 11.1 Å². The summed E-state index contributed by atoms with van der Waals surface area (Å²) in [5, 5.41) is 12.6. The number of nitrogens with zero attached hydrogens (tertiary/aromatic N) is 2. The lowest BCUT2D eigenvalue weighted by atomic mass is 10.2. The summed E-state index contributed by atoms with van der Waals surface area (Å²) in [7, 11) is 0. The van der Waals surface area contributed by atoms with Crippen molar-refractivity contribution >= 4 is 0 Å². The molecule has 1 aromatic heterocycles. The fraction of sp³-hybridized carbons (Fsp3) is 0.143. The van der Waals surface area contributed by atoms with Gasteiger partial charge in [-0.15, -0.1) is 0 Å². The van der Waals surface area contributed by atoms with Crippen LogP contribution in [0.2, 0.25) is 0 Å². The van der Waals surface area contributed by atoms with Crippen molar-refractivity contribution in [2.75, 3.05) is 6.61 Å². The minimum atomic E-state index is -0.229. The molecule has 0 saturated carbocycles. The van der Waals surface area contributed by atoms with Gasteiger partial charge in [0.2, 0.25) is 0 Å². The van der Waals surface area contributed by atoms with Gasteiger partial charge in [-0.3, -0.25) is 4.79 Å². The summed E-state index contributed by atoms with van der Waals surface area (Å²) in [5.74, 6) is 5.13. The van der Waals surface area contributed by atoms with Gasteiger partial charge in [-0.2, -0.15) is 5.10 Å². The fourth-order valence-electron chi connectivity index (χ4n) is 1.52. The molecular formula is C14H12N2O2. The molecule has 4 nitrogen and oxygen atoms in total. The van der Waals surface area contributed by atoms with Gasteiger partial charge in [0.05, 0.1) is 18.3 Å². The number of hydrogen-bond donors (Lipinski definition) is 1. The van der Waals surface area contributed by atoms with E-state index in [1.54, 1.807) is 0 Å². The molecule has 0 aliphatic heterocycles. The second kappa shape index (κ2) is 5.80. The Morgan fingerprint density at radius 1 is 1.28 bits per heavy atom. The van der Waals surface area contributed by atoms with E-state index in [0.29, 0.717) is 12.1 Å². The SMILES string of the molecule is O=c1cc(C#CCO)cnn1Cc1ccccc1. The summed E-state index contributed by atoms with van der Waals surface area (Å²) in [6.45, 7) is 0.209. The van der Waals surface area contributed by atoms with Gasteiger partial charge in [-0.05, 0) is 5.56 Å². The Bertz CT molecular complexity index is 636. The molecule has 1 N–H and O–H groups in total. The van der Waals surface area contributed by atoms with E-state index in [1.807, 2.05) is 30.3 Å². The van der Waals surface area contributed by atoms with E-state index >= 15 is 0 Å². The summed E-state index contributed by atoms with van der Waals surface area (Å²) >= 11 is 0. The lowest BCUT2D eigenvalue weighted by molar-refractivity contribution is 0.350. The minimum Gasteiger partial charge on any atom is -0.384 e. The Morgan fingerprint density at radius 2 is 2.06 bits per heavy atom. The van der Waals surface area contributed by atoms with Crippen molar-refractivity contribution < 1.29 is 5.11 Å². The Labute approximate surface area is 105 Å². The summed E-state index contributed by atoms with van der Waals surface area (Å²) in [6, 6.07) is 11.1. The van der Waals surface area contributed by atoms with E-state index in [4.69, 9.17) is 5.11 Å². The van der Waals surface area contributed by atoms with Crippen molar-refractivity contribution in [3.8, 4) is 11.8 Å². The highest BCUT2D eigenvalue weighted by Crippen LogP contribution is 1.99. The Kier molecular flexibility index (Phi) is 3.90. The van der Waals surface area contributed by atoms with Crippen LogP contribution < -0.4 is 5.56 Å². The Morgan fingerprint density at radius 3 is 2.72 bits per heavy atom. The van der Waals surface area contributed by atoms with Crippen LogP contribution >= 0.6 is 0 Å². The van der Waals surface area contributed by atoms with Crippen molar-refractivity contribution in [1.82, 2.24) is 9.78 Å². The van der Waals surface area contributed by atoms with Gasteiger partial charge in [-0.1, -0.05) is 42.2 Å². The number of aliphatic hydroxyl groups is 1. The summed E-state index contributed by atoms with van der Waals surface area (Å²) in [6.07, 6.45) is 1.52. The molecule has 0 bridgehead atoms. The highest BCUT2D eigenvalue weighted by molar-refractivity contribution is 5.30. The highest BCUT2D eigenvalue weighted by atomic mass is 16.2. The van der Waals surface area contributed by atoms with Gasteiger partial charge in [0, 0.05) is 6.07 Å². The van der Waals surface area contributed by atoms with Crippen molar-refractivity contribution in [2.24, 2.45) is 0 Å². The second-order valence-electron chi connectivity index (χ2n) is 3.69. The average Bonchev–Trinajstić information content (AvgIpc) is 2.40. The summed E-state index contributed by atoms with van der Waals surface area (Å²) < 4.78 is 1.37. The molecule has 0 fully saturated rings. The third kappa shape index (κ3) is 3.06. The van der Waals surface area contributed by atoms with Gasteiger partial charge < -0.3 is 5.11 Å². The van der Waals surface area contributed by atoms with Crippen LogP contribution in [0.5, 0.6) is 0 Å². The molecule has 2 aromatic rings. The number of rotatable bonds is 2. The van der Waals surface area contributed by atoms with Crippen molar-refractivity contribution in [3.63, 3.8) is 0 Å². The maximum Gasteiger partial charge on any atom is 0.268 e. The Hall–Kier alpha value is -2.38. The van der Waals surface area contributed by atoms with Crippen LogP contribution in [0.4, 0.5) is 0 Å². The van der Waals surface area contributed by atoms with Crippen LogP contribution in [0.25, 0.3) is 0 Å². The minimum absolute atomic E-state index is 0.205. The number of aliphatic hydroxyl groups excluding tert-OH is 1. The molecule has 1 heterocycles. The first-order chi connectivity index (χ1) is 8.79. The number of benzene rings is 1. The molecule has 90 valence electrons. The van der Waals surface area contributed by atoms with Crippen LogP contribution in [-0.4, -0.2) is 21.5 Å². The first kappa shape index (κ1) is 12.1. The summed E-state index contributed by atoms with van der Waals surface area (Å²) in [5.41, 5.74) is 1.32. The zero-order valence-electron chi connectivity index (χ0n) is 9.71. The molecule has 18 heavy (non-hydrogen) atoms. The maximum absolute atomic E-state index is 11.8. The smallest absolute Gasteiger partial charge is 0.268 e. The van der Waals surface area contributed by atoms with Gasteiger partial charge >= 0.3 is 0 Å². The van der Waals surface area contributed by atoms with Crippen LogP contribution in [0.15, 0.2) is 47.4 Å². The van der Waals surface area contributed by atoms with Crippen molar-refractivity contribution in [1.29, 1.82) is 0 Å². The third-order valence-electron chi connectivity index (χ3n) is 2.36. The van der Waals surface area contributed by atoms with E-state index in [0.717, 1.165) is 5.56 Å². The number of hydrogen-bond acceptors (Lipinski definition) is 3. The van der Waals surface area contributed by atoms with Gasteiger partial charge in [-0.25, -0.2) is 4.68 Å². The molecule has 0 amide bonds. The van der Waals surface area contributed by atoms with Gasteiger partial charge in [0.1, 0.15) is 6.61 Å². The van der Waals surface area contributed by atoms with E-state index in [9.17, 15) is 4.79 Å². The molecule has 0 radical (unpaired) electrons.